The van der Waals surface area contributed by atoms with E-state index in [4.69, 9.17) is 0 Å². The number of hydrogen-bond donors (Lipinski definition) is 1. The van der Waals surface area contributed by atoms with Gasteiger partial charge in [-0.05, 0) is 5.92 Å². The lowest BCUT2D eigenvalue weighted by atomic mass is 10.2. The number of nitrogens with zero attached hydrogens (tertiary/aromatic N) is 2. The Hall–Kier alpha value is -0.170. The quantitative estimate of drug-likeness (QED) is 0.722. The Balaban J connectivity index is 2.43. The highest BCUT2D eigenvalue weighted by atomic mass is 32.2. The van der Waals surface area contributed by atoms with Crippen LogP contribution in [-0.2, 0) is 10.0 Å². The van der Waals surface area contributed by atoms with Crippen LogP contribution in [0.1, 0.15) is 13.8 Å². The molecular formula is C11H25N3O2S. The van der Waals surface area contributed by atoms with Crippen LogP contribution in [0.4, 0.5) is 0 Å². The summed E-state index contributed by atoms with van der Waals surface area (Å²) >= 11 is 0. The van der Waals surface area contributed by atoms with E-state index < -0.39 is 10.0 Å². The molecule has 1 fully saturated rings. The topological polar surface area (TPSA) is 52.6 Å². The summed E-state index contributed by atoms with van der Waals surface area (Å²) in [7, 11) is -3.07. The van der Waals surface area contributed by atoms with Crippen LogP contribution in [-0.4, -0.2) is 69.7 Å². The highest BCUT2D eigenvalue weighted by molar-refractivity contribution is 7.88. The van der Waals surface area contributed by atoms with Gasteiger partial charge in [0.25, 0.3) is 0 Å². The normalized spacial score (nSPS) is 19.1. The van der Waals surface area contributed by atoms with Gasteiger partial charge in [-0.1, -0.05) is 13.8 Å². The Kier molecular flexibility index (Phi) is 5.85. The van der Waals surface area contributed by atoms with Crippen molar-refractivity contribution >= 4 is 10.0 Å². The first-order valence-electron chi connectivity index (χ1n) is 6.28. The molecule has 1 N–H and O–H groups in total. The second-order valence-corrected chi connectivity index (χ2v) is 7.09. The van der Waals surface area contributed by atoms with Gasteiger partial charge in [0.15, 0.2) is 0 Å². The van der Waals surface area contributed by atoms with Crippen LogP contribution in [0.5, 0.6) is 0 Å². The zero-order valence-corrected chi connectivity index (χ0v) is 12.0. The first-order valence-corrected chi connectivity index (χ1v) is 8.12. The average molecular weight is 263 g/mol. The van der Waals surface area contributed by atoms with Gasteiger partial charge < -0.3 is 5.32 Å². The number of sulfonamides is 1. The second kappa shape index (κ2) is 6.68. The number of piperazine rings is 1. The molecule has 0 unspecified atom stereocenters. The van der Waals surface area contributed by atoms with Crippen LogP contribution in [0.25, 0.3) is 0 Å². The Morgan fingerprint density at radius 3 is 2.35 bits per heavy atom. The first kappa shape index (κ1) is 14.9. The van der Waals surface area contributed by atoms with Gasteiger partial charge in [-0.25, -0.2) is 12.7 Å². The summed E-state index contributed by atoms with van der Waals surface area (Å²) in [6, 6.07) is 0. The monoisotopic (exact) mass is 263 g/mol. The molecule has 0 radical (unpaired) electrons. The summed E-state index contributed by atoms with van der Waals surface area (Å²) in [5.74, 6) is 0.368. The van der Waals surface area contributed by atoms with Crippen LogP contribution in [0.3, 0.4) is 0 Å². The van der Waals surface area contributed by atoms with E-state index in [1.807, 2.05) is 13.8 Å². The zero-order chi connectivity index (χ0) is 12.9. The van der Waals surface area contributed by atoms with E-state index >= 15 is 0 Å². The lowest BCUT2D eigenvalue weighted by Gasteiger charge is -2.30. The molecule has 6 heteroatoms. The van der Waals surface area contributed by atoms with E-state index in [1.54, 1.807) is 4.31 Å². The van der Waals surface area contributed by atoms with Gasteiger partial charge in [0, 0.05) is 45.8 Å². The average Bonchev–Trinajstić information content (AvgIpc) is 2.23. The lowest BCUT2D eigenvalue weighted by molar-refractivity contribution is 0.219. The number of rotatable bonds is 6. The molecule has 17 heavy (non-hydrogen) atoms. The minimum absolute atomic E-state index is 0.368. The van der Waals surface area contributed by atoms with Crippen molar-refractivity contribution in [2.24, 2.45) is 5.92 Å². The molecule has 0 aromatic heterocycles. The van der Waals surface area contributed by atoms with Crippen molar-refractivity contribution in [3.05, 3.63) is 0 Å². The molecule has 1 heterocycles. The van der Waals surface area contributed by atoms with Crippen molar-refractivity contribution in [2.45, 2.75) is 13.8 Å². The predicted octanol–water partition coefficient (Wildman–Crippen LogP) is -0.191. The highest BCUT2D eigenvalue weighted by Crippen LogP contribution is 2.05. The van der Waals surface area contributed by atoms with Gasteiger partial charge in [-0.15, -0.1) is 0 Å². The maximum Gasteiger partial charge on any atom is 0.211 e. The van der Waals surface area contributed by atoms with Crippen molar-refractivity contribution in [3.8, 4) is 0 Å². The van der Waals surface area contributed by atoms with Gasteiger partial charge in [-0.2, -0.15) is 0 Å². The molecule has 1 rings (SSSR count). The Bertz CT molecular complexity index is 311. The molecule has 0 spiro atoms. The zero-order valence-electron chi connectivity index (χ0n) is 11.1. The molecular weight excluding hydrogens is 238 g/mol. The Labute approximate surface area is 105 Å². The van der Waals surface area contributed by atoms with E-state index in [1.165, 1.54) is 6.26 Å². The van der Waals surface area contributed by atoms with E-state index in [9.17, 15) is 8.42 Å². The molecule has 0 aliphatic carbocycles. The van der Waals surface area contributed by atoms with Crippen LogP contribution < -0.4 is 5.32 Å². The van der Waals surface area contributed by atoms with Crippen molar-refractivity contribution in [3.63, 3.8) is 0 Å². The van der Waals surface area contributed by atoms with Gasteiger partial charge in [0.1, 0.15) is 0 Å². The molecule has 102 valence electrons. The summed E-state index contributed by atoms with van der Waals surface area (Å²) < 4.78 is 24.9. The van der Waals surface area contributed by atoms with E-state index in [2.05, 4.69) is 10.2 Å². The highest BCUT2D eigenvalue weighted by Gasteiger charge is 2.19. The van der Waals surface area contributed by atoms with Gasteiger partial charge >= 0.3 is 0 Å². The fourth-order valence-electron chi connectivity index (χ4n) is 1.99. The minimum atomic E-state index is -3.07. The first-order chi connectivity index (χ1) is 7.89. The molecule has 0 aromatic rings. The summed E-state index contributed by atoms with van der Waals surface area (Å²) in [5.41, 5.74) is 0. The smallest absolute Gasteiger partial charge is 0.211 e. The fourth-order valence-corrected chi connectivity index (χ4v) is 2.97. The van der Waals surface area contributed by atoms with Gasteiger partial charge in [0.2, 0.25) is 10.0 Å². The van der Waals surface area contributed by atoms with Crippen LogP contribution >= 0.6 is 0 Å². The fraction of sp³-hybridized carbons (Fsp3) is 1.00. The Morgan fingerprint density at radius 1 is 1.29 bits per heavy atom. The largest absolute Gasteiger partial charge is 0.314 e. The molecule has 0 aromatic carbocycles. The lowest BCUT2D eigenvalue weighted by Crippen LogP contribution is -2.47. The third-order valence-corrected chi connectivity index (χ3v) is 4.18. The predicted molar refractivity (Wildman–Crippen MR) is 70.6 cm³/mol. The molecule has 1 aliphatic rings. The van der Waals surface area contributed by atoms with Crippen LogP contribution in [0.2, 0.25) is 0 Å². The molecule has 0 bridgehead atoms. The van der Waals surface area contributed by atoms with Crippen molar-refractivity contribution in [1.29, 1.82) is 0 Å². The van der Waals surface area contributed by atoms with E-state index in [0.717, 1.165) is 32.7 Å². The molecule has 1 aliphatic heterocycles. The van der Waals surface area contributed by atoms with Crippen molar-refractivity contribution in [2.75, 3.05) is 52.1 Å². The number of nitrogens with one attached hydrogen (secondary N) is 1. The summed E-state index contributed by atoms with van der Waals surface area (Å²) in [6.07, 6.45) is 1.30. The summed E-state index contributed by atoms with van der Waals surface area (Å²) in [4.78, 5) is 2.31. The molecule has 0 amide bonds. The van der Waals surface area contributed by atoms with E-state index in [0.29, 0.717) is 19.0 Å². The maximum absolute atomic E-state index is 11.6. The third kappa shape index (κ3) is 5.81. The Morgan fingerprint density at radius 2 is 1.88 bits per heavy atom. The second-order valence-electron chi connectivity index (χ2n) is 5.11. The van der Waals surface area contributed by atoms with E-state index in [-0.39, 0.29) is 0 Å². The minimum Gasteiger partial charge on any atom is -0.314 e. The SMILES string of the molecule is CC(C)CN(CCN1CCNCC1)S(C)(=O)=O. The summed E-state index contributed by atoms with van der Waals surface area (Å²) in [5, 5.41) is 3.29. The van der Waals surface area contributed by atoms with Crippen LogP contribution in [0.15, 0.2) is 0 Å². The van der Waals surface area contributed by atoms with Crippen molar-refractivity contribution < 1.29 is 8.42 Å². The molecule has 5 nitrogen and oxygen atoms in total. The maximum atomic E-state index is 11.6. The molecule has 0 saturated carbocycles. The third-order valence-electron chi connectivity index (χ3n) is 2.91. The van der Waals surface area contributed by atoms with Gasteiger partial charge in [-0.3, -0.25) is 4.90 Å². The molecule has 0 atom stereocenters. The van der Waals surface area contributed by atoms with Crippen molar-refractivity contribution in [1.82, 2.24) is 14.5 Å². The molecule has 1 saturated heterocycles. The van der Waals surface area contributed by atoms with Gasteiger partial charge in [0.05, 0.1) is 6.26 Å². The summed E-state index contributed by atoms with van der Waals surface area (Å²) in [6.45, 7) is 10.2. The number of hydrogen-bond acceptors (Lipinski definition) is 4. The van der Waals surface area contributed by atoms with Crippen LogP contribution in [0, 0.1) is 5.92 Å². The standard InChI is InChI=1S/C11H25N3O2S/c1-11(2)10-14(17(3,15)16)9-8-13-6-4-12-5-7-13/h11-12H,4-10H2,1-3H3.